The number of nitriles is 1. The summed E-state index contributed by atoms with van der Waals surface area (Å²) in [5.41, 5.74) is 4.52. The van der Waals surface area contributed by atoms with Gasteiger partial charge < -0.3 is 9.47 Å². The molecule has 0 aliphatic rings. The van der Waals surface area contributed by atoms with E-state index in [9.17, 15) is 5.26 Å². The second-order valence-corrected chi connectivity index (χ2v) is 6.80. The molecule has 0 N–H and O–H groups in total. The van der Waals surface area contributed by atoms with Gasteiger partial charge in [0.15, 0.2) is 11.5 Å². The van der Waals surface area contributed by atoms with Crippen LogP contribution in [0.2, 0.25) is 5.02 Å². The zero-order valence-electron chi connectivity index (χ0n) is 15.8. The molecule has 3 rings (SSSR count). The van der Waals surface area contributed by atoms with Gasteiger partial charge in [0.25, 0.3) is 0 Å². The third-order valence-electron chi connectivity index (χ3n) is 4.29. The smallest absolute Gasteiger partial charge is 0.161 e. The van der Waals surface area contributed by atoms with E-state index < -0.39 is 0 Å². The Morgan fingerprint density at radius 3 is 2.36 bits per heavy atom. The quantitative estimate of drug-likeness (QED) is 0.367. The number of halogens is 1. The molecule has 0 radical (unpaired) electrons. The average Bonchev–Trinajstić information content (AvgIpc) is 2.72. The van der Waals surface area contributed by atoms with Crippen molar-refractivity contribution in [3.63, 3.8) is 0 Å². The van der Waals surface area contributed by atoms with Gasteiger partial charge in [-0.05, 0) is 54.0 Å². The lowest BCUT2D eigenvalue weighted by Crippen LogP contribution is -1.98. The van der Waals surface area contributed by atoms with Crippen LogP contribution in [0.25, 0.3) is 11.6 Å². The van der Waals surface area contributed by atoms with Crippen LogP contribution in [0.15, 0.2) is 66.7 Å². The Bertz CT molecular complexity index is 1020. The molecule has 0 atom stereocenters. The lowest BCUT2D eigenvalue weighted by atomic mass is 10.0. The maximum atomic E-state index is 9.51. The van der Waals surface area contributed by atoms with Gasteiger partial charge in [-0.1, -0.05) is 59.6 Å². The summed E-state index contributed by atoms with van der Waals surface area (Å²) in [6.07, 6.45) is 1.81. The minimum atomic E-state index is 0.458. The molecule has 0 aliphatic heterocycles. The fourth-order valence-corrected chi connectivity index (χ4v) is 2.84. The number of hydrogen-bond donors (Lipinski definition) is 0. The Morgan fingerprint density at radius 1 is 1.00 bits per heavy atom. The number of rotatable bonds is 6. The van der Waals surface area contributed by atoms with E-state index >= 15 is 0 Å². The molecule has 3 nitrogen and oxygen atoms in total. The molecule has 0 fully saturated rings. The number of aryl methyl sites for hydroxylation is 1. The van der Waals surface area contributed by atoms with E-state index in [1.54, 1.807) is 19.2 Å². The van der Waals surface area contributed by atoms with Gasteiger partial charge in [0, 0.05) is 5.02 Å². The highest BCUT2D eigenvalue weighted by Gasteiger charge is 2.07. The van der Waals surface area contributed by atoms with Crippen molar-refractivity contribution in [2.24, 2.45) is 0 Å². The number of methoxy groups -OCH3 is 1. The molecule has 0 aliphatic carbocycles. The van der Waals surface area contributed by atoms with Crippen LogP contribution in [0.3, 0.4) is 0 Å². The Labute approximate surface area is 170 Å². The van der Waals surface area contributed by atoms with Crippen molar-refractivity contribution in [1.82, 2.24) is 0 Å². The third kappa shape index (κ3) is 4.94. The van der Waals surface area contributed by atoms with E-state index in [1.807, 2.05) is 48.5 Å². The third-order valence-corrected chi connectivity index (χ3v) is 4.54. The number of ether oxygens (including phenoxy) is 2. The highest BCUT2D eigenvalue weighted by atomic mass is 35.5. The predicted molar refractivity (Wildman–Crippen MR) is 113 cm³/mol. The lowest BCUT2D eigenvalue weighted by Gasteiger charge is -2.12. The Morgan fingerprint density at radius 2 is 1.71 bits per heavy atom. The van der Waals surface area contributed by atoms with E-state index in [0.29, 0.717) is 28.7 Å². The summed E-state index contributed by atoms with van der Waals surface area (Å²) in [6, 6.07) is 23.3. The van der Waals surface area contributed by atoms with Gasteiger partial charge in [-0.2, -0.15) is 5.26 Å². The van der Waals surface area contributed by atoms with Crippen molar-refractivity contribution < 1.29 is 9.47 Å². The van der Waals surface area contributed by atoms with E-state index in [2.05, 4.69) is 25.1 Å². The number of hydrogen-bond acceptors (Lipinski definition) is 3. The molecular weight excluding hydrogens is 370 g/mol. The normalized spacial score (nSPS) is 11.0. The van der Waals surface area contributed by atoms with Crippen LogP contribution in [0, 0.1) is 18.3 Å². The molecule has 0 spiro atoms. The molecule has 28 heavy (non-hydrogen) atoms. The summed E-state index contributed by atoms with van der Waals surface area (Å²) in [4.78, 5) is 0. The van der Waals surface area contributed by atoms with Gasteiger partial charge in [-0.15, -0.1) is 0 Å². The van der Waals surface area contributed by atoms with Gasteiger partial charge in [0.1, 0.15) is 6.61 Å². The number of allylic oxidation sites excluding steroid dienone is 1. The van der Waals surface area contributed by atoms with E-state index in [0.717, 1.165) is 16.7 Å². The number of benzene rings is 3. The summed E-state index contributed by atoms with van der Waals surface area (Å²) >= 11 is 5.93. The second-order valence-electron chi connectivity index (χ2n) is 6.36. The first-order chi connectivity index (χ1) is 13.6. The molecule has 140 valence electrons. The Balaban J connectivity index is 1.80. The van der Waals surface area contributed by atoms with Crippen LogP contribution < -0.4 is 9.47 Å². The summed E-state index contributed by atoms with van der Waals surface area (Å²) in [5.74, 6) is 1.28. The van der Waals surface area contributed by atoms with Crippen LogP contribution in [-0.2, 0) is 6.61 Å². The number of nitrogens with zero attached hydrogens (tertiary/aromatic N) is 1. The van der Waals surface area contributed by atoms with Crippen molar-refractivity contribution in [2.45, 2.75) is 13.5 Å². The maximum Gasteiger partial charge on any atom is 0.161 e. The highest BCUT2D eigenvalue weighted by molar-refractivity contribution is 6.30. The molecule has 4 heteroatoms. The van der Waals surface area contributed by atoms with Gasteiger partial charge in [-0.3, -0.25) is 0 Å². The average molecular weight is 390 g/mol. The minimum absolute atomic E-state index is 0.458. The molecule has 0 amide bonds. The molecule has 3 aromatic carbocycles. The van der Waals surface area contributed by atoms with E-state index in [-0.39, 0.29) is 0 Å². The van der Waals surface area contributed by atoms with E-state index in [4.69, 9.17) is 21.1 Å². The van der Waals surface area contributed by atoms with E-state index in [1.165, 1.54) is 5.56 Å². The first-order valence-electron chi connectivity index (χ1n) is 8.83. The van der Waals surface area contributed by atoms with Gasteiger partial charge in [0.2, 0.25) is 0 Å². The lowest BCUT2D eigenvalue weighted by molar-refractivity contribution is 0.284. The SMILES string of the molecule is COc1cc(/C=C(\C#N)c2ccc(Cl)cc2)ccc1OCc1ccc(C)cc1. The topological polar surface area (TPSA) is 42.2 Å². The fourth-order valence-electron chi connectivity index (χ4n) is 2.71. The van der Waals surface area contributed by atoms with Crippen molar-refractivity contribution in [3.05, 3.63) is 94.0 Å². The van der Waals surface area contributed by atoms with Gasteiger partial charge in [-0.25, -0.2) is 0 Å². The molecule has 3 aromatic rings. The Kier molecular flexibility index (Phi) is 6.37. The standard InChI is InChI=1S/C24H20ClNO2/c1-17-3-5-18(6-4-17)16-28-23-12-7-19(14-24(23)27-2)13-21(15-26)20-8-10-22(25)11-9-20/h3-14H,16H2,1-2H3/b21-13+. The van der Waals surface area contributed by atoms with Crippen molar-refractivity contribution in [1.29, 1.82) is 5.26 Å². The fraction of sp³-hybridized carbons (Fsp3) is 0.125. The molecule has 0 bridgehead atoms. The molecule has 0 aromatic heterocycles. The van der Waals surface area contributed by atoms with Crippen LogP contribution in [0.1, 0.15) is 22.3 Å². The monoisotopic (exact) mass is 389 g/mol. The van der Waals surface area contributed by atoms with Crippen molar-refractivity contribution in [2.75, 3.05) is 7.11 Å². The molecular formula is C24H20ClNO2. The second kappa shape index (κ2) is 9.12. The summed E-state index contributed by atoms with van der Waals surface area (Å²) in [7, 11) is 1.60. The van der Waals surface area contributed by atoms with Crippen LogP contribution >= 0.6 is 11.6 Å². The first kappa shape index (κ1) is 19.5. The Hall–Kier alpha value is -3.22. The van der Waals surface area contributed by atoms with Gasteiger partial charge >= 0.3 is 0 Å². The van der Waals surface area contributed by atoms with Crippen LogP contribution in [-0.4, -0.2) is 7.11 Å². The van der Waals surface area contributed by atoms with Crippen molar-refractivity contribution in [3.8, 4) is 17.6 Å². The first-order valence-corrected chi connectivity index (χ1v) is 9.21. The van der Waals surface area contributed by atoms with Gasteiger partial charge in [0.05, 0.1) is 18.8 Å². The van der Waals surface area contributed by atoms with Crippen LogP contribution in [0.5, 0.6) is 11.5 Å². The summed E-state index contributed by atoms with van der Waals surface area (Å²) in [5, 5.41) is 10.2. The zero-order chi connectivity index (χ0) is 19.9. The van der Waals surface area contributed by atoms with Crippen LogP contribution in [0.4, 0.5) is 0 Å². The maximum absolute atomic E-state index is 9.51. The molecule has 0 unspecified atom stereocenters. The zero-order valence-corrected chi connectivity index (χ0v) is 16.5. The molecule has 0 saturated carbocycles. The minimum Gasteiger partial charge on any atom is -0.493 e. The predicted octanol–water partition coefficient (Wildman–Crippen LogP) is 6.30. The summed E-state index contributed by atoms with van der Waals surface area (Å²) < 4.78 is 11.4. The largest absolute Gasteiger partial charge is 0.493 e. The molecule has 0 heterocycles. The van der Waals surface area contributed by atoms with Crippen molar-refractivity contribution >= 4 is 23.3 Å². The summed E-state index contributed by atoms with van der Waals surface area (Å²) in [6.45, 7) is 2.51. The highest BCUT2D eigenvalue weighted by Crippen LogP contribution is 2.30. The molecule has 0 saturated heterocycles.